The Labute approximate surface area is 161 Å². The third-order valence-corrected chi connectivity index (χ3v) is 5.00. The van der Waals surface area contributed by atoms with Crippen molar-refractivity contribution in [2.45, 2.75) is 18.9 Å². The minimum absolute atomic E-state index is 0.0999. The fourth-order valence-corrected chi connectivity index (χ4v) is 3.26. The van der Waals surface area contributed by atoms with Gasteiger partial charge in [-0.3, -0.25) is 0 Å². The summed E-state index contributed by atoms with van der Waals surface area (Å²) in [4.78, 5) is 0. The van der Waals surface area contributed by atoms with Gasteiger partial charge in [-0.15, -0.1) is 0 Å². The van der Waals surface area contributed by atoms with E-state index in [1.807, 2.05) is 30.3 Å². The first-order chi connectivity index (χ1) is 13.6. The summed E-state index contributed by atoms with van der Waals surface area (Å²) >= 11 is 0. The van der Waals surface area contributed by atoms with Gasteiger partial charge in [-0.1, -0.05) is 42.5 Å². The molecule has 5 heteroatoms. The van der Waals surface area contributed by atoms with Crippen LogP contribution in [-0.4, -0.2) is 13.7 Å². The summed E-state index contributed by atoms with van der Waals surface area (Å²) in [5.74, 6) is -2.19. The van der Waals surface area contributed by atoms with Crippen molar-refractivity contribution in [1.29, 1.82) is 0 Å². The van der Waals surface area contributed by atoms with Gasteiger partial charge in [0.1, 0.15) is 11.9 Å². The molecular formula is C23H19F3O2. The highest BCUT2D eigenvalue weighted by Crippen LogP contribution is 2.33. The van der Waals surface area contributed by atoms with E-state index in [1.54, 1.807) is 12.1 Å². The van der Waals surface area contributed by atoms with Crippen molar-refractivity contribution < 1.29 is 22.6 Å². The lowest BCUT2D eigenvalue weighted by Crippen LogP contribution is -2.00. The van der Waals surface area contributed by atoms with Crippen molar-refractivity contribution in [3.8, 4) is 16.9 Å². The first-order valence-corrected chi connectivity index (χ1v) is 9.08. The lowest BCUT2D eigenvalue weighted by molar-refractivity contribution is 0.370. The van der Waals surface area contributed by atoms with Gasteiger partial charge < -0.3 is 9.47 Å². The van der Waals surface area contributed by atoms with Crippen LogP contribution in [0, 0.1) is 17.5 Å². The summed E-state index contributed by atoms with van der Waals surface area (Å²) in [6.07, 6.45) is 0.825. The molecular weight excluding hydrogens is 365 g/mol. The molecule has 0 bridgehead atoms. The first-order valence-electron chi connectivity index (χ1n) is 9.08. The van der Waals surface area contributed by atoms with Crippen LogP contribution < -0.4 is 4.74 Å². The number of benzene rings is 3. The lowest BCUT2D eigenvalue weighted by Gasteiger charge is -2.09. The van der Waals surface area contributed by atoms with Gasteiger partial charge in [0.2, 0.25) is 5.82 Å². The molecule has 1 aliphatic heterocycles. The largest absolute Gasteiger partial charge is 0.494 e. The topological polar surface area (TPSA) is 21.8 Å². The smallest absolute Gasteiger partial charge is 0.200 e. The fourth-order valence-electron chi connectivity index (χ4n) is 3.26. The summed E-state index contributed by atoms with van der Waals surface area (Å²) < 4.78 is 52.0. The van der Waals surface area contributed by atoms with Gasteiger partial charge in [-0.25, -0.2) is 8.78 Å². The van der Waals surface area contributed by atoms with Gasteiger partial charge in [-0.05, 0) is 47.2 Å². The Morgan fingerprint density at radius 1 is 0.893 bits per heavy atom. The summed E-state index contributed by atoms with van der Waals surface area (Å²) in [5, 5.41) is 0. The molecule has 4 rings (SSSR count). The molecule has 3 aromatic carbocycles. The van der Waals surface area contributed by atoms with Gasteiger partial charge in [0.25, 0.3) is 0 Å². The van der Waals surface area contributed by atoms with Crippen LogP contribution in [0.2, 0.25) is 0 Å². The zero-order chi connectivity index (χ0) is 19.7. The lowest BCUT2D eigenvalue weighted by atomic mass is 9.99. The van der Waals surface area contributed by atoms with Crippen molar-refractivity contribution in [2.24, 2.45) is 0 Å². The number of halogens is 3. The molecule has 144 valence electrons. The molecule has 0 amide bonds. The van der Waals surface area contributed by atoms with Crippen molar-refractivity contribution in [3.05, 3.63) is 88.7 Å². The standard InChI is InChI=1S/C23H19F3O2/c1-27-20-11-9-16(22(25)23(20)26)7-4-14-2-5-15(6-3-14)17-8-10-18(19(24)12-17)21-13-28-21/h2-3,5-6,8-12,21H,4,7,13H2,1H3. The van der Waals surface area contributed by atoms with Crippen LogP contribution in [0.1, 0.15) is 22.8 Å². The van der Waals surface area contributed by atoms with Crippen LogP contribution >= 0.6 is 0 Å². The molecule has 0 N–H and O–H groups in total. The normalized spacial score (nSPS) is 15.5. The molecule has 1 saturated heterocycles. The SMILES string of the molecule is COc1ccc(CCc2ccc(-c3ccc(C4CO4)c(F)c3)cc2)c(F)c1F. The third kappa shape index (κ3) is 3.76. The number of rotatable bonds is 6. The van der Waals surface area contributed by atoms with Gasteiger partial charge in [-0.2, -0.15) is 4.39 Å². The first kappa shape index (κ1) is 18.6. The van der Waals surface area contributed by atoms with Crippen LogP contribution in [0.15, 0.2) is 54.6 Å². The number of aryl methyl sites for hydroxylation is 2. The van der Waals surface area contributed by atoms with E-state index >= 15 is 0 Å². The average Bonchev–Trinajstić information content (AvgIpc) is 3.55. The van der Waals surface area contributed by atoms with E-state index in [4.69, 9.17) is 9.47 Å². The van der Waals surface area contributed by atoms with Crippen molar-refractivity contribution in [3.63, 3.8) is 0 Å². The van der Waals surface area contributed by atoms with E-state index in [-0.39, 0.29) is 17.7 Å². The maximum Gasteiger partial charge on any atom is 0.200 e. The number of hydrogen-bond donors (Lipinski definition) is 0. The zero-order valence-electron chi connectivity index (χ0n) is 15.3. The predicted molar refractivity (Wildman–Crippen MR) is 101 cm³/mol. The van der Waals surface area contributed by atoms with Gasteiger partial charge >= 0.3 is 0 Å². The van der Waals surface area contributed by atoms with Gasteiger partial charge in [0.15, 0.2) is 11.6 Å². The minimum Gasteiger partial charge on any atom is -0.494 e. The monoisotopic (exact) mass is 384 g/mol. The summed E-state index contributed by atoms with van der Waals surface area (Å²) in [6, 6.07) is 15.8. The molecule has 0 radical (unpaired) electrons. The van der Waals surface area contributed by atoms with Crippen LogP contribution in [0.3, 0.4) is 0 Å². The third-order valence-electron chi connectivity index (χ3n) is 5.00. The highest BCUT2D eigenvalue weighted by Gasteiger charge is 2.27. The molecule has 3 aromatic rings. The Bertz CT molecular complexity index is 995. The van der Waals surface area contributed by atoms with Crippen molar-refractivity contribution >= 4 is 0 Å². The van der Waals surface area contributed by atoms with E-state index in [9.17, 15) is 13.2 Å². The molecule has 2 nitrogen and oxygen atoms in total. The van der Waals surface area contributed by atoms with E-state index in [2.05, 4.69) is 0 Å². The van der Waals surface area contributed by atoms with E-state index < -0.39 is 11.6 Å². The van der Waals surface area contributed by atoms with E-state index in [1.165, 1.54) is 19.2 Å². The van der Waals surface area contributed by atoms with Crippen LogP contribution in [0.25, 0.3) is 11.1 Å². The quantitative estimate of drug-likeness (QED) is 0.513. The second-order valence-electron chi connectivity index (χ2n) is 6.81. The Morgan fingerprint density at radius 2 is 1.61 bits per heavy atom. The van der Waals surface area contributed by atoms with E-state index in [0.29, 0.717) is 30.6 Å². The molecule has 1 unspecified atom stereocenters. The molecule has 1 fully saturated rings. The molecule has 0 aliphatic carbocycles. The predicted octanol–water partition coefficient (Wildman–Crippen LogP) is 5.64. The van der Waals surface area contributed by atoms with Crippen LogP contribution in [0.5, 0.6) is 5.75 Å². The maximum atomic E-state index is 14.2. The molecule has 0 saturated carbocycles. The number of hydrogen-bond acceptors (Lipinski definition) is 2. The second-order valence-corrected chi connectivity index (χ2v) is 6.81. The summed E-state index contributed by atoms with van der Waals surface area (Å²) in [5.41, 5.74) is 3.57. The van der Waals surface area contributed by atoms with Crippen molar-refractivity contribution in [1.82, 2.24) is 0 Å². The van der Waals surface area contributed by atoms with Crippen LogP contribution in [-0.2, 0) is 17.6 Å². The maximum absolute atomic E-state index is 14.2. The Kier molecular flexibility index (Phi) is 5.09. The zero-order valence-corrected chi connectivity index (χ0v) is 15.3. The minimum atomic E-state index is -0.961. The number of ether oxygens (including phenoxy) is 2. The fraction of sp³-hybridized carbons (Fsp3) is 0.217. The van der Waals surface area contributed by atoms with Crippen molar-refractivity contribution in [2.75, 3.05) is 13.7 Å². The van der Waals surface area contributed by atoms with E-state index in [0.717, 1.165) is 16.7 Å². The van der Waals surface area contributed by atoms with Gasteiger partial charge in [0.05, 0.1) is 13.7 Å². The average molecular weight is 384 g/mol. The van der Waals surface area contributed by atoms with Gasteiger partial charge in [0, 0.05) is 5.56 Å². The Morgan fingerprint density at radius 3 is 2.25 bits per heavy atom. The highest BCUT2D eigenvalue weighted by atomic mass is 19.2. The molecule has 0 aromatic heterocycles. The highest BCUT2D eigenvalue weighted by molar-refractivity contribution is 5.64. The summed E-state index contributed by atoms with van der Waals surface area (Å²) in [7, 11) is 1.30. The number of methoxy groups -OCH3 is 1. The Hall–Kier alpha value is -2.79. The molecule has 0 spiro atoms. The summed E-state index contributed by atoms with van der Waals surface area (Å²) in [6.45, 7) is 0.573. The molecule has 1 heterocycles. The molecule has 1 aliphatic rings. The second kappa shape index (κ2) is 7.68. The Balaban J connectivity index is 1.45. The molecule has 28 heavy (non-hydrogen) atoms. The number of epoxide rings is 1. The molecule has 1 atom stereocenters. The van der Waals surface area contributed by atoms with Crippen LogP contribution in [0.4, 0.5) is 13.2 Å².